The van der Waals surface area contributed by atoms with Gasteiger partial charge in [0.25, 0.3) is 5.22 Å². The average molecular weight is 417 g/mol. The molecule has 154 valence electrons. The lowest BCUT2D eigenvalue weighted by Gasteiger charge is -2.55. The molecule has 0 aliphatic heterocycles. The Labute approximate surface area is 172 Å². The van der Waals surface area contributed by atoms with E-state index in [1.54, 1.807) is 12.1 Å². The summed E-state index contributed by atoms with van der Waals surface area (Å²) in [6.45, 7) is 0.220. The fourth-order valence-corrected chi connectivity index (χ4v) is 6.33. The van der Waals surface area contributed by atoms with Crippen LogP contribution >= 0.6 is 11.8 Å². The number of amides is 3. The van der Waals surface area contributed by atoms with Gasteiger partial charge < -0.3 is 14.2 Å². The van der Waals surface area contributed by atoms with Crippen molar-refractivity contribution in [2.45, 2.75) is 55.7 Å². The van der Waals surface area contributed by atoms with Crippen molar-refractivity contribution in [2.75, 3.05) is 5.75 Å². The van der Waals surface area contributed by atoms with Gasteiger partial charge in [-0.2, -0.15) is 0 Å². The van der Waals surface area contributed by atoms with Crippen molar-refractivity contribution in [2.24, 2.45) is 17.8 Å². The lowest BCUT2D eigenvalue weighted by Crippen LogP contribution is -2.48. The molecule has 4 aliphatic rings. The first kappa shape index (κ1) is 18.7. The van der Waals surface area contributed by atoms with Gasteiger partial charge in [-0.3, -0.25) is 10.1 Å². The zero-order chi connectivity index (χ0) is 19.8. The fourth-order valence-electron chi connectivity index (χ4n) is 5.77. The number of carbonyl (C=O) groups is 2. The van der Waals surface area contributed by atoms with E-state index < -0.39 is 11.9 Å². The van der Waals surface area contributed by atoms with Crippen molar-refractivity contribution >= 4 is 23.7 Å². The Kier molecular flexibility index (Phi) is 4.85. The maximum atomic E-state index is 12.0. The molecule has 0 saturated heterocycles. The van der Waals surface area contributed by atoms with Crippen LogP contribution in [-0.2, 0) is 16.8 Å². The average Bonchev–Trinajstić information content (AvgIpc) is 3.36. The van der Waals surface area contributed by atoms with Crippen LogP contribution in [0.25, 0.3) is 0 Å². The number of rotatable bonds is 6. The monoisotopic (exact) mass is 416 g/mol. The molecule has 3 amide bonds. The van der Waals surface area contributed by atoms with Crippen molar-refractivity contribution in [1.82, 2.24) is 20.8 Å². The molecule has 2 aromatic heterocycles. The molecule has 0 spiro atoms. The number of nitrogens with one attached hydrogen (secondary N) is 2. The highest BCUT2D eigenvalue weighted by atomic mass is 32.2. The summed E-state index contributed by atoms with van der Waals surface area (Å²) in [6.07, 6.45) is 9.06. The summed E-state index contributed by atoms with van der Waals surface area (Å²) in [5.74, 6) is 3.39. The molecule has 4 aliphatic carbocycles. The number of aromatic nitrogens is 2. The lowest BCUT2D eigenvalue weighted by atomic mass is 9.49. The van der Waals surface area contributed by atoms with E-state index in [4.69, 9.17) is 8.83 Å². The van der Waals surface area contributed by atoms with Gasteiger partial charge in [-0.05, 0) is 68.4 Å². The molecule has 29 heavy (non-hydrogen) atoms. The fraction of sp³-hybridized carbons (Fsp3) is 0.600. The van der Waals surface area contributed by atoms with Crippen LogP contribution in [0.5, 0.6) is 0 Å². The van der Waals surface area contributed by atoms with Gasteiger partial charge in [0.05, 0.1) is 18.6 Å². The number of hydrogen-bond acceptors (Lipinski definition) is 7. The van der Waals surface area contributed by atoms with Crippen LogP contribution in [0, 0.1) is 17.8 Å². The summed E-state index contributed by atoms with van der Waals surface area (Å²) in [7, 11) is 0. The highest BCUT2D eigenvalue weighted by Crippen LogP contribution is 2.60. The summed E-state index contributed by atoms with van der Waals surface area (Å²) in [6, 6.07) is 2.92. The molecule has 0 radical (unpaired) electrons. The Morgan fingerprint density at radius 3 is 2.52 bits per heavy atom. The van der Waals surface area contributed by atoms with Gasteiger partial charge in [-0.25, -0.2) is 4.79 Å². The molecule has 0 aromatic carbocycles. The van der Waals surface area contributed by atoms with Gasteiger partial charge >= 0.3 is 6.03 Å². The van der Waals surface area contributed by atoms with E-state index in [1.165, 1.54) is 25.5 Å². The van der Waals surface area contributed by atoms with Crippen molar-refractivity contribution in [1.29, 1.82) is 0 Å². The number of urea groups is 1. The van der Waals surface area contributed by atoms with Crippen molar-refractivity contribution in [3.63, 3.8) is 0 Å². The molecule has 2 heterocycles. The largest absolute Gasteiger partial charge is 0.467 e. The smallest absolute Gasteiger partial charge is 0.321 e. The van der Waals surface area contributed by atoms with E-state index in [9.17, 15) is 9.59 Å². The third-order valence-electron chi connectivity index (χ3n) is 6.48. The Hall–Kier alpha value is -2.29. The molecule has 2 aromatic rings. The predicted molar refractivity (Wildman–Crippen MR) is 104 cm³/mol. The first-order chi connectivity index (χ1) is 14.1. The Balaban J connectivity index is 1.12. The molecule has 9 heteroatoms. The predicted octanol–water partition coefficient (Wildman–Crippen LogP) is 3.25. The van der Waals surface area contributed by atoms with Gasteiger partial charge in [0.2, 0.25) is 11.8 Å². The summed E-state index contributed by atoms with van der Waals surface area (Å²) < 4.78 is 11.1. The molecule has 0 unspecified atom stereocenters. The third-order valence-corrected chi connectivity index (χ3v) is 7.30. The number of hydrogen-bond donors (Lipinski definition) is 2. The van der Waals surface area contributed by atoms with Gasteiger partial charge in [0.1, 0.15) is 5.76 Å². The van der Waals surface area contributed by atoms with E-state index in [-0.39, 0.29) is 17.7 Å². The van der Waals surface area contributed by atoms with E-state index >= 15 is 0 Å². The molecule has 2 N–H and O–H groups in total. The van der Waals surface area contributed by atoms with Crippen LogP contribution in [-0.4, -0.2) is 27.9 Å². The van der Waals surface area contributed by atoms with Crippen LogP contribution in [0.3, 0.4) is 0 Å². The minimum atomic E-state index is -0.563. The SMILES string of the molecule is O=C(CSc1nnc(C23CC4CC(CC(C4)C2)C3)o1)NC(=O)NCc1ccco1. The lowest BCUT2D eigenvalue weighted by molar-refractivity contribution is -0.117. The van der Waals surface area contributed by atoms with Crippen LogP contribution in [0.15, 0.2) is 32.5 Å². The maximum absolute atomic E-state index is 12.0. The van der Waals surface area contributed by atoms with Gasteiger partial charge in [0.15, 0.2) is 0 Å². The molecular formula is C20H24N4O4S. The molecule has 0 atom stereocenters. The molecule has 8 nitrogen and oxygen atoms in total. The molecule has 4 fully saturated rings. The van der Waals surface area contributed by atoms with E-state index in [1.807, 2.05) is 0 Å². The molecule has 4 saturated carbocycles. The van der Waals surface area contributed by atoms with Crippen molar-refractivity contribution in [3.05, 3.63) is 30.0 Å². The molecule has 4 bridgehead atoms. The normalized spacial score (nSPS) is 29.7. The third kappa shape index (κ3) is 3.92. The van der Waals surface area contributed by atoms with E-state index in [0.29, 0.717) is 11.0 Å². The van der Waals surface area contributed by atoms with Crippen LogP contribution in [0.2, 0.25) is 0 Å². The van der Waals surface area contributed by atoms with E-state index in [2.05, 4.69) is 20.8 Å². The highest BCUT2D eigenvalue weighted by Gasteiger charge is 2.54. The number of furan rings is 1. The number of imide groups is 1. The minimum absolute atomic E-state index is 0.0384. The topological polar surface area (TPSA) is 110 Å². The zero-order valence-corrected chi connectivity index (χ0v) is 16.9. The van der Waals surface area contributed by atoms with Gasteiger partial charge in [0, 0.05) is 5.41 Å². The Morgan fingerprint density at radius 2 is 1.86 bits per heavy atom. The minimum Gasteiger partial charge on any atom is -0.467 e. The van der Waals surface area contributed by atoms with Gasteiger partial charge in [-0.15, -0.1) is 10.2 Å². The zero-order valence-electron chi connectivity index (χ0n) is 16.1. The standard InChI is InChI=1S/C20H24N4O4S/c25-16(22-18(26)21-10-15-2-1-3-27-15)11-29-19-24-23-17(28-19)20-7-12-4-13(8-20)6-14(5-12)9-20/h1-3,12-14H,4-11H2,(H2,21,22,25,26). The molecular weight excluding hydrogens is 392 g/mol. The van der Waals surface area contributed by atoms with Crippen molar-refractivity contribution < 1.29 is 18.4 Å². The summed E-state index contributed by atoms with van der Waals surface area (Å²) >= 11 is 1.16. The first-order valence-electron chi connectivity index (χ1n) is 10.1. The molecule has 6 rings (SSSR count). The van der Waals surface area contributed by atoms with Crippen LogP contribution < -0.4 is 10.6 Å². The summed E-state index contributed by atoms with van der Waals surface area (Å²) in [5.41, 5.74) is 0.0502. The Bertz CT molecular complexity index is 859. The van der Waals surface area contributed by atoms with Crippen molar-refractivity contribution in [3.8, 4) is 0 Å². The Morgan fingerprint density at radius 1 is 1.14 bits per heavy atom. The second-order valence-electron chi connectivity index (χ2n) is 8.67. The quantitative estimate of drug-likeness (QED) is 0.696. The second-order valence-corrected chi connectivity index (χ2v) is 9.60. The van der Waals surface area contributed by atoms with Crippen LogP contribution in [0.4, 0.5) is 4.79 Å². The highest BCUT2D eigenvalue weighted by molar-refractivity contribution is 7.99. The van der Waals surface area contributed by atoms with Crippen LogP contribution in [0.1, 0.15) is 50.2 Å². The number of thioether (sulfide) groups is 1. The maximum Gasteiger partial charge on any atom is 0.321 e. The summed E-state index contributed by atoms with van der Waals surface area (Å²) in [4.78, 5) is 23.8. The number of nitrogens with zero attached hydrogens (tertiary/aromatic N) is 2. The van der Waals surface area contributed by atoms with Gasteiger partial charge in [-0.1, -0.05) is 11.8 Å². The first-order valence-corrected chi connectivity index (χ1v) is 11.1. The number of carbonyl (C=O) groups excluding carboxylic acids is 2. The van der Waals surface area contributed by atoms with E-state index in [0.717, 1.165) is 54.7 Å². The second kappa shape index (κ2) is 7.51. The summed E-state index contributed by atoms with van der Waals surface area (Å²) in [5, 5.41) is 13.7.